The Bertz CT molecular complexity index is 674. The number of para-hydroxylation sites is 1. The topological polar surface area (TPSA) is 61.5 Å². The van der Waals surface area contributed by atoms with Crippen LogP contribution in [0.25, 0.3) is 0 Å². The van der Waals surface area contributed by atoms with Crippen LogP contribution in [-0.4, -0.2) is 13.1 Å². The molecule has 0 heterocycles. The van der Waals surface area contributed by atoms with Crippen LogP contribution in [0.4, 0.5) is 14.5 Å². The highest BCUT2D eigenvalue weighted by molar-refractivity contribution is 5.96. The van der Waals surface area contributed by atoms with Gasteiger partial charge in [0.15, 0.2) is 0 Å². The number of rotatable bonds is 4. The first-order valence-electron chi connectivity index (χ1n) is 6.06. The summed E-state index contributed by atoms with van der Waals surface area (Å²) in [6.07, 6.45) is 0. The fourth-order valence-corrected chi connectivity index (χ4v) is 1.76. The molecule has 0 saturated heterocycles. The Morgan fingerprint density at radius 1 is 1.24 bits per heavy atom. The molecule has 2 rings (SSSR count). The SMILES string of the molecule is COc1cccc(C(=O)OCc2ccc(F)cc2F)c1N. The summed E-state index contributed by atoms with van der Waals surface area (Å²) in [5.74, 6) is -1.84. The van der Waals surface area contributed by atoms with Crippen LogP contribution in [0, 0.1) is 11.6 Å². The van der Waals surface area contributed by atoms with Crippen molar-refractivity contribution in [3.63, 3.8) is 0 Å². The molecule has 0 amide bonds. The lowest BCUT2D eigenvalue weighted by Crippen LogP contribution is -2.09. The number of methoxy groups -OCH3 is 1. The third-order valence-electron chi connectivity index (χ3n) is 2.88. The zero-order valence-corrected chi connectivity index (χ0v) is 11.2. The zero-order chi connectivity index (χ0) is 15.4. The van der Waals surface area contributed by atoms with E-state index in [4.69, 9.17) is 15.2 Å². The first kappa shape index (κ1) is 14.8. The van der Waals surface area contributed by atoms with Gasteiger partial charge in [0.2, 0.25) is 0 Å². The number of esters is 1. The van der Waals surface area contributed by atoms with Gasteiger partial charge in [-0.25, -0.2) is 13.6 Å². The number of ether oxygens (including phenoxy) is 2. The van der Waals surface area contributed by atoms with Gasteiger partial charge in [-0.2, -0.15) is 0 Å². The molecule has 2 aromatic carbocycles. The van der Waals surface area contributed by atoms with Crippen LogP contribution >= 0.6 is 0 Å². The standard InChI is InChI=1S/C15H13F2NO3/c1-20-13-4-2-3-11(14(13)18)15(19)21-8-9-5-6-10(16)7-12(9)17/h2-7H,8,18H2,1H3. The van der Waals surface area contributed by atoms with E-state index in [1.54, 1.807) is 12.1 Å². The number of hydrogen-bond donors (Lipinski definition) is 1. The number of benzene rings is 2. The highest BCUT2D eigenvalue weighted by Crippen LogP contribution is 2.25. The summed E-state index contributed by atoms with van der Waals surface area (Å²) in [5, 5.41) is 0. The van der Waals surface area contributed by atoms with E-state index in [-0.39, 0.29) is 23.4 Å². The molecule has 0 aromatic heterocycles. The van der Waals surface area contributed by atoms with Gasteiger partial charge in [0.1, 0.15) is 24.0 Å². The molecule has 0 spiro atoms. The number of nitrogens with two attached hydrogens (primary N) is 1. The average molecular weight is 293 g/mol. The molecule has 0 radical (unpaired) electrons. The number of carbonyl (C=O) groups excluding carboxylic acids is 1. The van der Waals surface area contributed by atoms with Gasteiger partial charge in [-0.15, -0.1) is 0 Å². The monoisotopic (exact) mass is 293 g/mol. The summed E-state index contributed by atoms with van der Waals surface area (Å²) in [6, 6.07) is 7.69. The fraction of sp³-hybridized carbons (Fsp3) is 0.133. The van der Waals surface area contributed by atoms with E-state index >= 15 is 0 Å². The Labute approximate surface area is 120 Å². The quantitative estimate of drug-likeness (QED) is 0.695. The highest BCUT2D eigenvalue weighted by atomic mass is 19.1. The molecule has 0 aliphatic rings. The molecule has 0 bridgehead atoms. The molecule has 2 N–H and O–H groups in total. The van der Waals surface area contributed by atoms with Crippen molar-refractivity contribution in [1.29, 1.82) is 0 Å². The number of anilines is 1. The minimum absolute atomic E-state index is 0.0752. The molecule has 0 aliphatic heterocycles. The fourth-order valence-electron chi connectivity index (χ4n) is 1.76. The van der Waals surface area contributed by atoms with Gasteiger partial charge < -0.3 is 15.2 Å². The Balaban J connectivity index is 2.12. The maximum Gasteiger partial charge on any atom is 0.340 e. The molecule has 0 atom stereocenters. The molecular formula is C15H13F2NO3. The Hall–Kier alpha value is -2.63. The van der Waals surface area contributed by atoms with Gasteiger partial charge in [-0.05, 0) is 24.3 Å². The van der Waals surface area contributed by atoms with E-state index in [1.807, 2.05) is 0 Å². The van der Waals surface area contributed by atoms with Crippen molar-refractivity contribution in [2.24, 2.45) is 0 Å². The van der Waals surface area contributed by atoms with Crippen molar-refractivity contribution < 1.29 is 23.0 Å². The third kappa shape index (κ3) is 3.28. The van der Waals surface area contributed by atoms with Crippen molar-refractivity contribution in [2.45, 2.75) is 6.61 Å². The molecule has 0 unspecified atom stereocenters. The normalized spacial score (nSPS) is 10.2. The second-order valence-electron chi connectivity index (χ2n) is 4.23. The molecule has 4 nitrogen and oxygen atoms in total. The second kappa shape index (κ2) is 6.21. The van der Waals surface area contributed by atoms with E-state index in [1.165, 1.54) is 19.2 Å². The average Bonchev–Trinajstić information content (AvgIpc) is 2.46. The van der Waals surface area contributed by atoms with Gasteiger partial charge in [0.25, 0.3) is 0 Å². The largest absolute Gasteiger partial charge is 0.495 e. The zero-order valence-electron chi connectivity index (χ0n) is 11.2. The van der Waals surface area contributed by atoms with Crippen molar-refractivity contribution >= 4 is 11.7 Å². The summed E-state index contributed by atoms with van der Waals surface area (Å²) >= 11 is 0. The number of halogens is 2. The van der Waals surface area contributed by atoms with E-state index in [0.717, 1.165) is 12.1 Å². The van der Waals surface area contributed by atoms with Crippen LogP contribution in [0.5, 0.6) is 5.75 Å². The number of hydrogen-bond acceptors (Lipinski definition) is 4. The van der Waals surface area contributed by atoms with E-state index < -0.39 is 17.6 Å². The number of nitrogen functional groups attached to an aromatic ring is 1. The molecule has 21 heavy (non-hydrogen) atoms. The van der Waals surface area contributed by atoms with E-state index in [2.05, 4.69) is 0 Å². The predicted molar refractivity (Wildman–Crippen MR) is 72.9 cm³/mol. The Kier molecular flexibility index (Phi) is 4.37. The van der Waals surface area contributed by atoms with Crippen LogP contribution in [0.3, 0.4) is 0 Å². The minimum atomic E-state index is -0.776. The third-order valence-corrected chi connectivity index (χ3v) is 2.88. The Morgan fingerprint density at radius 2 is 2.00 bits per heavy atom. The molecule has 6 heteroatoms. The van der Waals surface area contributed by atoms with Gasteiger partial charge in [-0.1, -0.05) is 6.07 Å². The summed E-state index contributed by atoms with van der Waals surface area (Å²) in [7, 11) is 1.43. The Morgan fingerprint density at radius 3 is 2.67 bits per heavy atom. The molecule has 110 valence electrons. The number of carbonyl (C=O) groups is 1. The summed E-state index contributed by atoms with van der Waals surface area (Å²) < 4.78 is 36.2. The van der Waals surface area contributed by atoms with E-state index in [9.17, 15) is 13.6 Å². The summed E-state index contributed by atoms with van der Waals surface area (Å²) in [4.78, 5) is 11.9. The van der Waals surface area contributed by atoms with Crippen LogP contribution in [0.2, 0.25) is 0 Å². The first-order valence-corrected chi connectivity index (χ1v) is 6.06. The van der Waals surface area contributed by atoms with Gasteiger partial charge in [-0.3, -0.25) is 0 Å². The van der Waals surface area contributed by atoms with Crippen LogP contribution in [0.15, 0.2) is 36.4 Å². The van der Waals surface area contributed by atoms with Gasteiger partial charge in [0, 0.05) is 11.6 Å². The van der Waals surface area contributed by atoms with Gasteiger partial charge >= 0.3 is 5.97 Å². The van der Waals surface area contributed by atoms with Crippen LogP contribution in [-0.2, 0) is 11.3 Å². The molecule has 2 aromatic rings. The van der Waals surface area contributed by atoms with Crippen molar-refractivity contribution in [2.75, 3.05) is 12.8 Å². The van der Waals surface area contributed by atoms with Crippen LogP contribution < -0.4 is 10.5 Å². The van der Waals surface area contributed by atoms with Crippen molar-refractivity contribution in [3.05, 3.63) is 59.2 Å². The lowest BCUT2D eigenvalue weighted by Gasteiger charge is -2.10. The summed E-state index contributed by atoms with van der Waals surface area (Å²) in [5.41, 5.74) is 6.10. The molecule has 0 aliphatic carbocycles. The second-order valence-corrected chi connectivity index (χ2v) is 4.23. The highest BCUT2D eigenvalue weighted by Gasteiger charge is 2.15. The van der Waals surface area contributed by atoms with Crippen molar-refractivity contribution in [1.82, 2.24) is 0 Å². The maximum absolute atomic E-state index is 13.4. The maximum atomic E-state index is 13.4. The smallest absolute Gasteiger partial charge is 0.340 e. The molecule has 0 fully saturated rings. The lowest BCUT2D eigenvalue weighted by molar-refractivity contribution is 0.0470. The van der Waals surface area contributed by atoms with E-state index in [0.29, 0.717) is 5.75 Å². The molecule has 0 saturated carbocycles. The minimum Gasteiger partial charge on any atom is -0.495 e. The van der Waals surface area contributed by atoms with Crippen molar-refractivity contribution in [3.8, 4) is 5.75 Å². The summed E-state index contributed by atoms with van der Waals surface area (Å²) in [6.45, 7) is -0.318. The van der Waals surface area contributed by atoms with Crippen LogP contribution in [0.1, 0.15) is 15.9 Å². The van der Waals surface area contributed by atoms with Gasteiger partial charge in [0.05, 0.1) is 18.4 Å². The first-order chi connectivity index (χ1) is 10.0. The molecular weight excluding hydrogens is 280 g/mol. The lowest BCUT2D eigenvalue weighted by atomic mass is 10.1. The predicted octanol–water partition coefficient (Wildman–Crippen LogP) is 2.91.